The third kappa shape index (κ3) is 3.24. The quantitative estimate of drug-likeness (QED) is 0.412. The Hall–Kier alpha value is -1.26. The van der Waals surface area contributed by atoms with Crippen molar-refractivity contribution in [1.29, 1.82) is 5.41 Å². The average Bonchev–Trinajstić information content (AvgIpc) is 2.10. The molecule has 0 unspecified atom stereocenters. The molecular formula is C8H8Cl2N4. The van der Waals surface area contributed by atoms with Gasteiger partial charge in [-0.05, 0) is 18.2 Å². The summed E-state index contributed by atoms with van der Waals surface area (Å²) in [5.41, 5.74) is 7.95. The van der Waals surface area contributed by atoms with E-state index in [4.69, 9.17) is 34.3 Å². The van der Waals surface area contributed by atoms with Crippen LogP contribution in [0.5, 0.6) is 0 Å². The van der Waals surface area contributed by atoms with Crippen LogP contribution in [0.1, 0.15) is 5.56 Å². The van der Waals surface area contributed by atoms with Gasteiger partial charge in [0.25, 0.3) is 0 Å². The molecule has 14 heavy (non-hydrogen) atoms. The third-order valence-electron chi connectivity index (χ3n) is 1.35. The first-order valence-electron chi connectivity index (χ1n) is 3.68. The summed E-state index contributed by atoms with van der Waals surface area (Å²) in [5.74, 6) is -0.237. The Morgan fingerprint density at radius 1 is 1.50 bits per heavy atom. The van der Waals surface area contributed by atoms with Crippen LogP contribution in [0.4, 0.5) is 0 Å². The van der Waals surface area contributed by atoms with Crippen molar-refractivity contribution in [2.75, 3.05) is 0 Å². The minimum atomic E-state index is -0.237. The molecule has 0 aromatic heterocycles. The van der Waals surface area contributed by atoms with Gasteiger partial charge in [-0.2, -0.15) is 5.10 Å². The van der Waals surface area contributed by atoms with Crippen molar-refractivity contribution in [1.82, 2.24) is 5.43 Å². The van der Waals surface area contributed by atoms with E-state index in [0.717, 1.165) is 0 Å². The summed E-state index contributed by atoms with van der Waals surface area (Å²) in [6.45, 7) is 0. The van der Waals surface area contributed by atoms with Gasteiger partial charge in [0.1, 0.15) is 0 Å². The van der Waals surface area contributed by atoms with Gasteiger partial charge in [-0.15, -0.1) is 0 Å². The number of rotatable bonds is 2. The number of nitrogens with one attached hydrogen (secondary N) is 2. The number of halogens is 2. The van der Waals surface area contributed by atoms with Crippen LogP contribution in [0.2, 0.25) is 10.0 Å². The van der Waals surface area contributed by atoms with E-state index in [1.807, 2.05) is 0 Å². The van der Waals surface area contributed by atoms with Crippen molar-refractivity contribution in [2.45, 2.75) is 0 Å². The maximum absolute atomic E-state index is 6.85. The predicted molar refractivity (Wildman–Crippen MR) is 59.1 cm³/mol. The first-order valence-corrected chi connectivity index (χ1v) is 4.43. The van der Waals surface area contributed by atoms with Gasteiger partial charge in [0.2, 0.25) is 5.96 Å². The van der Waals surface area contributed by atoms with E-state index in [-0.39, 0.29) is 5.96 Å². The standard InChI is InChI=1S/C8H8Cl2N4/c9-6-1-2-7(10)5(3-6)4-13-14-8(11)12/h1-4H,(H4,11,12,14)/b13-4+. The van der Waals surface area contributed by atoms with Gasteiger partial charge in [-0.1, -0.05) is 23.2 Å². The maximum Gasteiger partial charge on any atom is 0.206 e. The molecule has 4 nitrogen and oxygen atoms in total. The maximum atomic E-state index is 6.85. The SMILES string of the molecule is N=C(N)N/N=C/c1cc(Cl)ccc1Cl. The van der Waals surface area contributed by atoms with Crippen LogP contribution in [0.25, 0.3) is 0 Å². The molecule has 74 valence electrons. The van der Waals surface area contributed by atoms with Gasteiger partial charge < -0.3 is 5.73 Å². The second kappa shape index (κ2) is 4.83. The molecule has 1 aromatic rings. The number of hydrogen-bond donors (Lipinski definition) is 3. The highest BCUT2D eigenvalue weighted by Crippen LogP contribution is 2.18. The van der Waals surface area contributed by atoms with Crippen molar-refractivity contribution < 1.29 is 0 Å². The van der Waals surface area contributed by atoms with Crippen molar-refractivity contribution in [2.24, 2.45) is 10.8 Å². The molecule has 0 spiro atoms. The van der Waals surface area contributed by atoms with Crippen LogP contribution in [0, 0.1) is 5.41 Å². The van der Waals surface area contributed by atoms with Crippen LogP contribution in [-0.2, 0) is 0 Å². The molecule has 0 fully saturated rings. The lowest BCUT2D eigenvalue weighted by Crippen LogP contribution is -2.25. The van der Waals surface area contributed by atoms with E-state index in [0.29, 0.717) is 15.6 Å². The number of nitrogens with two attached hydrogens (primary N) is 1. The minimum absolute atomic E-state index is 0.237. The van der Waals surface area contributed by atoms with Gasteiger partial charge in [-0.3, -0.25) is 5.41 Å². The summed E-state index contributed by atoms with van der Waals surface area (Å²) in [6, 6.07) is 5.01. The highest BCUT2D eigenvalue weighted by Gasteiger charge is 1.97. The average molecular weight is 231 g/mol. The molecule has 0 bridgehead atoms. The smallest absolute Gasteiger partial charge is 0.206 e. The molecular weight excluding hydrogens is 223 g/mol. The van der Waals surface area contributed by atoms with E-state index < -0.39 is 0 Å². The number of benzene rings is 1. The number of hydrogen-bond acceptors (Lipinski definition) is 2. The van der Waals surface area contributed by atoms with Crippen LogP contribution in [0.15, 0.2) is 23.3 Å². The Morgan fingerprint density at radius 3 is 2.86 bits per heavy atom. The summed E-state index contributed by atoms with van der Waals surface area (Å²) >= 11 is 11.6. The van der Waals surface area contributed by atoms with E-state index in [2.05, 4.69) is 10.5 Å². The molecule has 0 saturated heterocycles. The summed E-state index contributed by atoms with van der Waals surface area (Å²) in [5, 5.41) is 11.6. The number of nitrogens with zero attached hydrogens (tertiary/aromatic N) is 1. The molecule has 6 heteroatoms. The molecule has 4 N–H and O–H groups in total. The molecule has 0 radical (unpaired) electrons. The van der Waals surface area contributed by atoms with Gasteiger partial charge in [0.15, 0.2) is 0 Å². The molecule has 0 atom stereocenters. The van der Waals surface area contributed by atoms with Gasteiger partial charge >= 0.3 is 0 Å². The lowest BCUT2D eigenvalue weighted by atomic mass is 10.2. The van der Waals surface area contributed by atoms with E-state index in [1.165, 1.54) is 6.21 Å². The number of guanidine groups is 1. The fourth-order valence-corrected chi connectivity index (χ4v) is 1.13. The highest BCUT2D eigenvalue weighted by atomic mass is 35.5. The minimum Gasteiger partial charge on any atom is -0.369 e. The van der Waals surface area contributed by atoms with Crippen LogP contribution in [-0.4, -0.2) is 12.2 Å². The lowest BCUT2D eigenvalue weighted by Gasteiger charge is -1.98. The van der Waals surface area contributed by atoms with Gasteiger partial charge in [0.05, 0.1) is 6.21 Å². The third-order valence-corrected chi connectivity index (χ3v) is 1.93. The van der Waals surface area contributed by atoms with Crippen molar-refractivity contribution >= 4 is 35.4 Å². The fourth-order valence-electron chi connectivity index (χ4n) is 0.785. The molecule has 0 heterocycles. The highest BCUT2D eigenvalue weighted by molar-refractivity contribution is 6.35. The Bertz CT molecular complexity index is 376. The Morgan fingerprint density at radius 2 is 2.21 bits per heavy atom. The number of hydrazone groups is 1. The topological polar surface area (TPSA) is 74.3 Å². The Balaban J connectivity index is 2.80. The molecule has 0 saturated carbocycles. The van der Waals surface area contributed by atoms with Crippen molar-refractivity contribution in [3.05, 3.63) is 33.8 Å². The van der Waals surface area contributed by atoms with E-state index in [1.54, 1.807) is 18.2 Å². The van der Waals surface area contributed by atoms with Crippen LogP contribution < -0.4 is 11.2 Å². The van der Waals surface area contributed by atoms with Gasteiger partial charge in [-0.25, -0.2) is 5.43 Å². The van der Waals surface area contributed by atoms with E-state index >= 15 is 0 Å². The molecule has 0 amide bonds. The Labute approximate surface area is 91.2 Å². The second-order valence-corrected chi connectivity index (χ2v) is 3.29. The van der Waals surface area contributed by atoms with Crippen LogP contribution >= 0.6 is 23.2 Å². The monoisotopic (exact) mass is 230 g/mol. The van der Waals surface area contributed by atoms with E-state index in [9.17, 15) is 0 Å². The first kappa shape index (κ1) is 10.8. The summed E-state index contributed by atoms with van der Waals surface area (Å²) in [4.78, 5) is 0. The van der Waals surface area contributed by atoms with Crippen molar-refractivity contribution in [3.8, 4) is 0 Å². The summed E-state index contributed by atoms with van der Waals surface area (Å²) < 4.78 is 0. The van der Waals surface area contributed by atoms with Gasteiger partial charge in [0, 0.05) is 15.6 Å². The lowest BCUT2D eigenvalue weighted by molar-refractivity contribution is 1.00. The normalized spacial score (nSPS) is 10.4. The summed E-state index contributed by atoms with van der Waals surface area (Å²) in [7, 11) is 0. The second-order valence-electron chi connectivity index (χ2n) is 2.45. The summed E-state index contributed by atoms with van der Waals surface area (Å²) in [6.07, 6.45) is 1.44. The zero-order valence-electron chi connectivity index (χ0n) is 7.09. The molecule has 0 aliphatic rings. The molecule has 1 rings (SSSR count). The van der Waals surface area contributed by atoms with Crippen LogP contribution in [0.3, 0.4) is 0 Å². The first-order chi connectivity index (χ1) is 6.59. The largest absolute Gasteiger partial charge is 0.369 e. The zero-order valence-corrected chi connectivity index (χ0v) is 8.60. The predicted octanol–water partition coefficient (Wildman–Crippen LogP) is 1.81. The molecule has 0 aliphatic carbocycles. The molecule has 1 aromatic carbocycles. The fraction of sp³-hybridized carbons (Fsp3) is 0. The zero-order chi connectivity index (χ0) is 10.6. The Kier molecular flexibility index (Phi) is 3.73. The van der Waals surface area contributed by atoms with Crippen molar-refractivity contribution in [3.63, 3.8) is 0 Å². The molecule has 0 aliphatic heterocycles.